The molecule has 21 heavy (non-hydrogen) atoms. The standard InChI is InChI=1S/C14H22N6O/c1-9(2)16-8-11-10(3)17-19(5)14(11)20-7-6-12(18-20)13(21)15-4/h6-7,9,16H,8H2,1-5H3,(H,15,21). The maximum absolute atomic E-state index is 11.6. The number of carbonyl (C=O) groups is 1. The van der Waals surface area contributed by atoms with E-state index < -0.39 is 0 Å². The van der Waals surface area contributed by atoms with Crippen molar-refractivity contribution in [1.82, 2.24) is 30.2 Å². The fraction of sp³-hybridized carbons (Fsp3) is 0.500. The smallest absolute Gasteiger partial charge is 0.271 e. The lowest BCUT2D eigenvalue weighted by Gasteiger charge is -2.10. The van der Waals surface area contributed by atoms with E-state index in [0.29, 0.717) is 18.3 Å². The molecule has 0 radical (unpaired) electrons. The number of hydrogen-bond donors (Lipinski definition) is 2. The van der Waals surface area contributed by atoms with Gasteiger partial charge in [-0.05, 0) is 13.0 Å². The van der Waals surface area contributed by atoms with Crippen LogP contribution in [0.4, 0.5) is 0 Å². The molecule has 0 atom stereocenters. The van der Waals surface area contributed by atoms with Crippen LogP contribution in [0.25, 0.3) is 5.82 Å². The summed E-state index contributed by atoms with van der Waals surface area (Å²) in [7, 11) is 3.47. The third kappa shape index (κ3) is 3.13. The molecule has 0 spiro atoms. The topological polar surface area (TPSA) is 76.8 Å². The first-order chi connectivity index (χ1) is 9.93. The Balaban J connectivity index is 2.38. The van der Waals surface area contributed by atoms with E-state index in [2.05, 4.69) is 34.7 Å². The van der Waals surface area contributed by atoms with Crippen molar-refractivity contribution in [2.45, 2.75) is 33.4 Å². The van der Waals surface area contributed by atoms with Gasteiger partial charge in [-0.25, -0.2) is 4.68 Å². The quantitative estimate of drug-likeness (QED) is 0.853. The molecule has 0 saturated carbocycles. The molecule has 0 aliphatic heterocycles. The molecule has 2 heterocycles. The van der Waals surface area contributed by atoms with E-state index in [4.69, 9.17) is 0 Å². The highest BCUT2D eigenvalue weighted by atomic mass is 16.1. The average molecular weight is 290 g/mol. The normalized spacial score (nSPS) is 11.1. The summed E-state index contributed by atoms with van der Waals surface area (Å²) in [6, 6.07) is 2.08. The molecule has 0 unspecified atom stereocenters. The molecule has 2 N–H and O–H groups in total. The first-order valence-corrected chi connectivity index (χ1v) is 6.98. The number of hydrogen-bond acceptors (Lipinski definition) is 4. The summed E-state index contributed by atoms with van der Waals surface area (Å²) in [4.78, 5) is 11.6. The van der Waals surface area contributed by atoms with E-state index in [1.807, 2.05) is 14.0 Å². The SMILES string of the molecule is CNC(=O)c1ccn(-c2c(CNC(C)C)c(C)nn2C)n1. The molecule has 2 aromatic heterocycles. The van der Waals surface area contributed by atoms with Crippen LogP contribution in [0.15, 0.2) is 12.3 Å². The Morgan fingerprint density at radius 1 is 1.38 bits per heavy atom. The molecule has 1 amide bonds. The molecule has 7 nitrogen and oxygen atoms in total. The summed E-state index contributed by atoms with van der Waals surface area (Å²) >= 11 is 0. The second-order valence-electron chi connectivity index (χ2n) is 5.27. The number of carbonyl (C=O) groups excluding carboxylic acids is 1. The summed E-state index contributed by atoms with van der Waals surface area (Å²) in [5.74, 6) is 0.672. The second kappa shape index (κ2) is 6.09. The summed E-state index contributed by atoms with van der Waals surface area (Å²) in [6.45, 7) is 6.89. The highest BCUT2D eigenvalue weighted by molar-refractivity contribution is 5.91. The van der Waals surface area contributed by atoms with Gasteiger partial charge >= 0.3 is 0 Å². The lowest BCUT2D eigenvalue weighted by atomic mass is 10.2. The number of aryl methyl sites for hydroxylation is 2. The summed E-state index contributed by atoms with van der Waals surface area (Å²) in [6.07, 6.45) is 1.78. The van der Waals surface area contributed by atoms with E-state index in [-0.39, 0.29) is 5.91 Å². The first kappa shape index (κ1) is 15.2. The Labute approximate surface area is 124 Å². The van der Waals surface area contributed by atoms with Gasteiger partial charge in [0.15, 0.2) is 11.5 Å². The Bertz CT molecular complexity index is 640. The summed E-state index contributed by atoms with van der Waals surface area (Å²) in [5.41, 5.74) is 2.43. The Morgan fingerprint density at radius 3 is 2.71 bits per heavy atom. The minimum Gasteiger partial charge on any atom is -0.354 e. The molecule has 114 valence electrons. The van der Waals surface area contributed by atoms with Gasteiger partial charge in [-0.2, -0.15) is 10.2 Å². The lowest BCUT2D eigenvalue weighted by molar-refractivity contribution is 0.0957. The number of nitrogens with zero attached hydrogens (tertiary/aromatic N) is 4. The molecule has 0 aliphatic carbocycles. The van der Waals surface area contributed by atoms with E-state index in [1.165, 1.54) is 0 Å². The second-order valence-corrected chi connectivity index (χ2v) is 5.27. The van der Waals surface area contributed by atoms with Crippen LogP contribution in [-0.2, 0) is 13.6 Å². The third-order valence-corrected chi connectivity index (χ3v) is 3.27. The van der Waals surface area contributed by atoms with Crippen molar-refractivity contribution in [3.05, 3.63) is 29.2 Å². The van der Waals surface area contributed by atoms with Gasteiger partial charge in [-0.1, -0.05) is 13.8 Å². The van der Waals surface area contributed by atoms with Gasteiger partial charge in [0.25, 0.3) is 5.91 Å². The lowest BCUT2D eigenvalue weighted by Crippen LogP contribution is -2.23. The zero-order valence-corrected chi connectivity index (χ0v) is 13.1. The highest BCUT2D eigenvalue weighted by Gasteiger charge is 2.17. The van der Waals surface area contributed by atoms with Crippen molar-refractivity contribution in [2.75, 3.05) is 7.05 Å². The summed E-state index contributed by atoms with van der Waals surface area (Å²) in [5, 5.41) is 14.7. The van der Waals surface area contributed by atoms with Gasteiger partial charge in [0.2, 0.25) is 0 Å². The third-order valence-electron chi connectivity index (χ3n) is 3.27. The number of nitrogens with one attached hydrogen (secondary N) is 2. The number of aromatic nitrogens is 4. The molecule has 0 bridgehead atoms. The highest BCUT2D eigenvalue weighted by Crippen LogP contribution is 2.17. The maximum Gasteiger partial charge on any atom is 0.271 e. The minimum atomic E-state index is -0.200. The Hall–Kier alpha value is -2.15. The van der Waals surface area contributed by atoms with Crippen molar-refractivity contribution in [3.8, 4) is 5.82 Å². The maximum atomic E-state index is 11.6. The Kier molecular flexibility index (Phi) is 4.42. The molecule has 0 aromatic carbocycles. The molecule has 0 saturated heterocycles. The van der Waals surface area contributed by atoms with Crippen LogP contribution in [-0.4, -0.2) is 38.6 Å². The van der Waals surface area contributed by atoms with Gasteiger partial charge in [-0.3, -0.25) is 9.48 Å². The van der Waals surface area contributed by atoms with Crippen LogP contribution in [0.1, 0.15) is 35.6 Å². The predicted molar refractivity (Wildman–Crippen MR) is 80.4 cm³/mol. The molecule has 7 heteroatoms. The van der Waals surface area contributed by atoms with Gasteiger partial charge in [0.05, 0.1) is 5.69 Å². The van der Waals surface area contributed by atoms with Crippen LogP contribution >= 0.6 is 0 Å². The van der Waals surface area contributed by atoms with Crippen LogP contribution in [0.5, 0.6) is 0 Å². The molecular weight excluding hydrogens is 268 g/mol. The van der Waals surface area contributed by atoms with E-state index in [1.54, 1.807) is 28.7 Å². The van der Waals surface area contributed by atoms with Crippen molar-refractivity contribution in [2.24, 2.45) is 7.05 Å². The largest absolute Gasteiger partial charge is 0.354 e. The zero-order valence-electron chi connectivity index (χ0n) is 13.1. The Morgan fingerprint density at radius 2 is 2.10 bits per heavy atom. The zero-order chi connectivity index (χ0) is 15.6. The fourth-order valence-electron chi connectivity index (χ4n) is 2.18. The molecule has 2 rings (SSSR count). The van der Waals surface area contributed by atoms with Crippen LogP contribution < -0.4 is 10.6 Å². The minimum absolute atomic E-state index is 0.200. The van der Waals surface area contributed by atoms with Crippen LogP contribution in [0, 0.1) is 6.92 Å². The van der Waals surface area contributed by atoms with Crippen molar-refractivity contribution in [3.63, 3.8) is 0 Å². The monoisotopic (exact) mass is 290 g/mol. The van der Waals surface area contributed by atoms with E-state index >= 15 is 0 Å². The number of amides is 1. The van der Waals surface area contributed by atoms with Gasteiger partial charge < -0.3 is 10.6 Å². The van der Waals surface area contributed by atoms with Crippen LogP contribution in [0.2, 0.25) is 0 Å². The van der Waals surface area contributed by atoms with Gasteiger partial charge in [-0.15, -0.1) is 0 Å². The van der Waals surface area contributed by atoms with E-state index in [9.17, 15) is 4.79 Å². The fourth-order valence-corrected chi connectivity index (χ4v) is 2.18. The average Bonchev–Trinajstić information content (AvgIpc) is 3.00. The molecule has 0 fully saturated rings. The van der Waals surface area contributed by atoms with Crippen molar-refractivity contribution >= 4 is 5.91 Å². The predicted octanol–water partition coefficient (Wildman–Crippen LogP) is 0.772. The van der Waals surface area contributed by atoms with Gasteiger partial charge in [0.1, 0.15) is 0 Å². The van der Waals surface area contributed by atoms with E-state index in [0.717, 1.165) is 17.1 Å². The number of rotatable bonds is 5. The van der Waals surface area contributed by atoms with Crippen molar-refractivity contribution < 1.29 is 4.79 Å². The summed E-state index contributed by atoms with van der Waals surface area (Å²) < 4.78 is 3.48. The molecule has 0 aliphatic rings. The van der Waals surface area contributed by atoms with Gasteiger partial charge in [0, 0.05) is 38.4 Å². The molecule has 2 aromatic rings. The van der Waals surface area contributed by atoms with Crippen LogP contribution in [0.3, 0.4) is 0 Å². The molecular formula is C14H22N6O. The first-order valence-electron chi connectivity index (χ1n) is 6.98. The van der Waals surface area contributed by atoms with Crippen molar-refractivity contribution in [1.29, 1.82) is 0 Å².